The predicted octanol–water partition coefficient (Wildman–Crippen LogP) is 4.51. The Morgan fingerprint density at radius 2 is 2.17 bits per heavy atom. The zero-order valence-electron chi connectivity index (χ0n) is 11.0. The van der Waals surface area contributed by atoms with Gasteiger partial charge in [0.05, 0.1) is 7.11 Å². The van der Waals surface area contributed by atoms with Crippen molar-refractivity contribution in [1.29, 1.82) is 0 Å². The van der Waals surface area contributed by atoms with E-state index in [-0.39, 0.29) is 0 Å². The van der Waals surface area contributed by atoms with Gasteiger partial charge in [-0.1, -0.05) is 31.5 Å². The van der Waals surface area contributed by atoms with Gasteiger partial charge in [0.25, 0.3) is 0 Å². The Balaban J connectivity index is 2.42. The van der Waals surface area contributed by atoms with E-state index in [0.717, 1.165) is 12.1 Å². The zero-order chi connectivity index (χ0) is 13.0. The van der Waals surface area contributed by atoms with Crippen LogP contribution in [0.2, 0.25) is 0 Å². The molecule has 97 valence electrons. The van der Waals surface area contributed by atoms with Crippen molar-refractivity contribution in [2.45, 2.75) is 31.1 Å². The molecular formula is C15H20NOS. The van der Waals surface area contributed by atoms with E-state index in [0.29, 0.717) is 0 Å². The second kappa shape index (κ2) is 5.81. The molecule has 1 aromatic rings. The largest absolute Gasteiger partial charge is 0.361 e. The lowest BCUT2D eigenvalue weighted by Gasteiger charge is -2.38. The molecule has 1 N–H and O–H groups in total. The average molecular weight is 262 g/mol. The molecule has 0 bridgehead atoms. The first-order valence-electron chi connectivity index (χ1n) is 6.32. The second-order valence-corrected chi connectivity index (χ2v) is 5.41. The van der Waals surface area contributed by atoms with Crippen molar-refractivity contribution < 1.29 is 4.74 Å². The van der Waals surface area contributed by atoms with Crippen molar-refractivity contribution in [3.63, 3.8) is 0 Å². The average Bonchev–Trinajstić information content (AvgIpc) is 2.44. The fourth-order valence-corrected chi connectivity index (χ4v) is 3.34. The number of hydrogen-bond donors (Lipinski definition) is 1. The summed E-state index contributed by atoms with van der Waals surface area (Å²) in [4.78, 5) is -0.434. The minimum Gasteiger partial charge on any atom is -0.361 e. The van der Waals surface area contributed by atoms with Gasteiger partial charge in [0.1, 0.15) is 0 Å². The van der Waals surface area contributed by atoms with Gasteiger partial charge in [-0.3, -0.25) is 0 Å². The standard InChI is InChI=1S/C15H20NOS/c1-4-5-8-12-11-16-14-10-7-6-9-13(14)15(12,17-2)18-3/h6-7,9-11,16H,2,4-5,8H2,1,3H3. The Hall–Kier alpha value is -0.930. The summed E-state index contributed by atoms with van der Waals surface area (Å²) in [5.41, 5.74) is 3.54. The molecule has 0 fully saturated rings. The Bertz CT molecular complexity index is 438. The van der Waals surface area contributed by atoms with E-state index in [9.17, 15) is 0 Å². The summed E-state index contributed by atoms with van der Waals surface area (Å²) >= 11 is 1.70. The summed E-state index contributed by atoms with van der Waals surface area (Å²) in [7, 11) is 3.72. The van der Waals surface area contributed by atoms with Crippen molar-refractivity contribution in [3.05, 3.63) is 48.7 Å². The van der Waals surface area contributed by atoms with Crippen molar-refractivity contribution in [2.24, 2.45) is 0 Å². The molecule has 2 nitrogen and oxygen atoms in total. The van der Waals surface area contributed by atoms with Crippen LogP contribution >= 0.6 is 11.8 Å². The number of nitrogens with one attached hydrogen (secondary N) is 1. The number of thioether (sulfide) groups is 1. The van der Waals surface area contributed by atoms with E-state index >= 15 is 0 Å². The van der Waals surface area contributed by atoms with Crippen molar-refractivity contribution in [1.82, 2.24) is 0 Å². The maximum Gasteiger partial charge on any atom is 0.164 e. The second-order valence-electron chi connectivity index (χ2n) is 4.43. The molecule has 1 aromatic carbocycles. The number of fused-ring (bicyclic) bond motifs is 1. The van der Waals surface area contributed by atoms with Gasteiger partial charge >= 0.3 is 0 Å². The maximum absolute atomic E-state index is 5.67. The molecule has 1 radical (unpaired) electrons. The van der Waals surface area contributed by atoms with Crippen LogP contribution in [0.3, 0.4) is 0 Å². The van der Waals surface area contributed by atoms with Crippen LogP contribution in [0.25, 0.3) is 0 Å². The normalized spacial score (nSPS) is 22.1. The number of para-hydroxylation sites is 1. The minimum absolute atomic E-state index is 0.434. The quantitative estimate of drug-likeness (QED) is 0.789. The van der Waals surface area contributed by atoms with Gasteiger partial charge in [0.15, 0.2) is 4.93 Å². The fourth-order valence-electron chi connectivity index (χ4n) is 2.40. The Morgan fingerprint density at radius 1 is 1.39 bits per heavy atom. The first kappa shape index (κ1) is 13.5. The number of hydrogen-bond acceptors (Lipinski definition) is 3. The van der Waals surface area contributed by atoms with Gasteiger partial charge in [-0.05, 0) is 30.7 Å². The number of ether oxygens (including phenoxy) is 1. The maximum atomic E-state index is 5.67. The first-order valence-corrected chi connectivity index (χ1v) is 7.55. The van der Waals surface area contributed by atoms with Crippen LogP contribution < -0.4 is 5.32 Å². The molecule has 0 spiro atoms. The fraction of sp³-hybridized carbons (Fsp3) is 0.400. The van der Waals surface area contributed by atoms with Crippen molar-refractivity contribution in [2.75, 3.05) is 11.6 Å². The van der Waals surface area contributed by atoms with Crippen molar-refractivity contribution >= 4 is 17.4 Å². The van der Waals surface area contributed by atoms with Crippen LogP contribution in [-0.4, -0.2) is 6.26 Å². The summed E-state index contributed by atoms with van der Waals surface area (Å²) < 4.78 is 5.67. The predicted molar refractivity (Wildman–Crippen MR) is 79.3 cm³/mol. The SMILES string of the molecule is [CH2]OC1(SC)C(CCCC)=CNc2ccccc21. The van der Waals surface area contributed by atoms with Crippen LogP contribution in [0.1, 0.15) is 31.7 Å². The monoisotopic (exact) mass is 262 g/mol. The van der Waals surface area contributed by atoms with E-state index < -0.39 is 4.93 Å². The van der Waals surface area contributed by atoms with Crippen LogP contribution in [0, 0.1) is 7.11 Å². The molecule has 0 saturated heterocycles. The smallest absolute Gasteiger partial charge is 0.164 e. The summed E-state index contributed by atoms with van der Waals surface area (Å²) in [6.07, 6.45) is 7.54. The van der Waals surface area contributed by atoms with E-state index in [2.05, 4.69) is 43.9 Å². The Kier molecular flexibility index (Phi) is 4.36. The van der Waals surface area contributed by atoms with Crippen molar-refractivity contribution in [3.8, 4) is 0 Å². The topological polar surface area (TPSA) is 21.3 Å². The third kappa shape index (κ3) is 2.17. The molecule has 1 atom stereocenters. The zero-order valence-corrected chi connectivity index (χ0v) is 11.8. The summed E-state index contributed by atoms with van der Waals surface area (Å²) in [6, 6.07) is 8.27. The highest BCUT2D eigenvalue weighted by Crippen LogP contribution is 2.49. The lowest BCUT2D eigenvalue weighted by molar-refractivity contribution is 0.133. The van der Waals surface area contributed by atoms with Gasteiger partial charge in [0.2, 0.25) is 0 Å². The van der Waals surface area contributed by atoms with Crippen LogP contribution in [-0.2, 0) is 9.67 Å². The Morgan fingerprint density at radius 3 is 2.83 bits per heavy atom. The number of benzene rings is 1. The van der Waals surface area contributed by atoms with Crippen LogP contribution in [0.5, 0.6) is 0 Å². The minimum atomic E-state index is -0.434. The van der Waals surface area contributed by atoms with Crippen LogP contribution in [0.4, 0.5) is 5.69 Å². The lowest BCUT2D eigenvalue weighted by atomic mass is 9.93. The molecule has 1 aliphatic rings. The molecule has 0 aromatic heterocycles. The lowest BCUT2D eigenvalue weighted by Crippen LogP contribution is -2.30. The van der Waals surface area contributed by atoms with Gasteiger partial charge in [0, 0.05) is 17.5 Å². The first-order chi connectivity index (χ1) is 8.78. The molecule has 0 saturated carbocycles. The summed E-state index contributed by atoms with van der Waals surface area (Å²) in [5.74, 6) is 0. The molecule has 1 heterocycles. The highest BCUT2D eigenvalue weighted by molar-refractivity contribution is 7.99. The Labute approximate surface area is 114 Å². The summed E-state index contributed by atoms with van der Waals surface area (Å²) in [6.45, 7) is 2.20. The van der Waals surface area contributed by atoms with Gasteiger partial charge in [-0.15, -0.1) is 11.8 Å². The summed E-state index contributed by atoms with van der Waals surface area (Å²) in [5, 5.41) is 3.36. The van der Waals surface area contributed by atoms with Crippen LogP contribution in [0.15, 0.2) is 36.0 Å². The van der Waals surface area contributed by atoms with E-state index in [1.54, 1.807) is 11.8 Å². The third-order valence-electron chi connectivity index (χ3n) is 3.40. The van der Waals surface area contributed by atoms with E-state index in [1.165, 1.54) is 24.0 Å². The van der Waals surface area contributed by atoms with Gasteiger partial charge < -0.3 is 10.1 Å². The highest BCUT2D eigenvalue weighted by Gasteiger charge is 2.39. The third-order valence-corrected chi connectivity index (χ3v) is 4.57. The molecule has 3 heteroatoms. The molecule has 2 rings (SSSR count). The number of unbranched alkanes of at least 4 members (excludes halogenated alkanes) is 1. The number of anilines is 1. The molecule has 0 aliphatic carbocycles. The highest BCUT2D eigenvalue weighted by atomic mass is 32.2. The van der Waals surface area contributed by atoms with E-state index in [1.807, 2.05) is 12.1 Å². The molecule has 18 heavy (non-hydrogen) atoms. The molecule has 1 aliphatic heterocycles. The molecule has 0 amide bonds. The molecule has 1 unspecified atom stereocenters. The van der Waals surface area contributed by atoms with E-state index in [4.69, 9.17) is 4.74 Å². The molecular weight excluding hydrogens is 242 g/mol. The number of rotatable bonds is 5. The van der Waals surface area contributed by atoms with Gasteiger partial charge in [-0.2, -0.15) is 0 Å². The van der Waals surface area contributed by atoms with Gasteiger partial charge in [-0.25, -0.2) is 0 Å².